The molecular formula is C10H14N4O3. The molecule has 1 aromatic rings. The molecular weight excluding hydrogens is 224 g/mol. The third-order valence-corrected chi connectivity index (χ3v) is 2.51. The van der Waals surface area contributed by atoms with Gasteiger partial charge in [-0.2, -0.15) is 4.98 Å². The predicted octanol–water partition coefficient (Wildman–Crippen LogP) is -0.731. The maximum Gasteiger partial charge on any atom is 0.239 e. The van der Waals surface area contributed by atoms with Crippen molar-refractivity contribution in [1.29, 1.82) is 0 Å². The third-order valence-electron chi connectivity index (χ3n) is 2.51. The molecule has 0 bridgehead atoms. The van der Waals surface area contributed by atoms with E-state index in [-0.39, 0.29) is 24.8 Å². The zero-order chi connectivity index (χ0) is 12.3. The van der Waals surface area contributed by atoms with Crippen LogP contribution < -0.4 is 5.32 Å². The first-order chi connectivity index (χ1) is 8.15. The summed E-state index contributed by atoms with van der Waals surface area (Å²) in [5.74, 6) is 0.844. The van der Waals surface area contributed by atoms with Gasteiger partial charge in [0.05, 0.1) is 6.54 Å². The minimum Gasteiger partial charge on any atom is -0.353 e. The summed E-state index contributed by atoms with van der Waals surface area (Å²) in [6.45, 7) is 2.95. The second kappa shape index (κ2) is 4.94. The fourth-order valence-electron chi connectivity index (χ4n) is 1.67. The van der Waals surface area contributed by atoms with Gasteiger partial charge >= 0.3 is 0 Å². The van der Waals surface area contributed by atoms with Crippen LogP contribution in [0.1, 0.15) is 18.1 Å². The molecule has 0 unspecified atom stereocenters. The van der Waals surface area contributed by atoms with Crippen molar-refractivity contribution in [2.45, 2.75) is 19.8 Å². The quantitative estimate of drug-likeness (QED) is 0.750. The molecule has 7 heteroatoms. The van der Waals surface area contributed by atoms with E-state index in [4.69, 9.17) is 4.52 Å². The number of nitrogens with one attached hydrogen (secondary N) is 1. The minimum absolute atomic E-state index is 0.0595. The number of aromatic nitrogens is 2. The van der Waals surface area contributed by atoms with E-state index in [1.165, 1.54) is 0 Å². The normalized spacial score (nSPS) is 15.8. The molecule has 1 saturated heterocycles. The molecule has 1 N–H and O–H groups in total. The van der Waals surface area contributed by atoms with Crippen LogP contribution in [0.3, 0.4) is 0 Å². The van der Waals surface area contributed by atoms with Crippen LogP contribution >= 0.6 is 0 Å². The number of aryl methyl sites for hydroxylation is 2. The Labute approximate surface area is 98.2 Å². The predicted molar refractivity (Wildman–Crippen MR) is 56.9 cm³/mol. The largest absolute Gasteiger partial charge is 0.353 e. The Morgan fingerprint density at radius 2 is 2.41 bits per heavy atom. The summed E-state index contributed by atoms with van der Waals surface area (Å²) in [6, 6.07) is 0. The molecule has 1 fully saturated rings. The lowest BCUT2D eigenvalue weighted by molar-refractivity contribution is -0.138. The molecule has 7 nitrogen and oxygen atoms in total. The van der Waals surface area contributed by atoms with Gasteiger partial charge in [0.1, 0.15) is 0 Å². The van der Waals surface area contributed by atoms with Crippen molar-refractivity contribution in [3.8, 4) is 0 Å². The average Bonchev–Trinajstić information content (AvgIpc) is 2.72. The second-order valence-corrected chi connectivity index (χ2v) is 3.90. The van der Waals surface area contributed by atoms with E-state index in [9.17, 15) is 9.59 Å². The van der Waals surface area contributed by atoms with Crippen LogP contribution in [0.5, 0.6) is 0 Å². The van der Waals surface area contributed by atoms with Crippen LogP contribution in [-0.4, -0.2) is 46.5 Å². The van der Waals surface area contributed by atoms with Gasteiger partial charge in [0.25, 0.3) is 0 Å². The smallest absolute Gasteiger partial charge is 0.239 e. The van der Waals surface area contributed by atoms with Crippen molar-refractivity contribution >= 4 is 11.8 Å². The number of carbonyl (C=O) groups excluding carboxylic acids is 2. The number of nitrogens with zero attached hydrogens (tertiary/aromatic N) is 3. The van der Waals surface area contributed by atoms with Gasteiger partial charge in [0.2, 0.25) is 17.7 Å². The second-order valence-electron chi connectivity index (χ2n) is 3.90. The number of hydrogen-bond acceptors (Lipinski definition) is 5. The van der Waals surface area contributed by atoms with Crippen molar-refractivity contribution < 1.29 is 14.1 Å². The number of carbonyl (C=O) groups is 2. The highest BCUT2D eigenvalue weighted by Crippen LogP contribution is 2.04. The van der Waals surface area contributed by atoms with E-state index in [0.29, 0.717) is 31.2 Å². The lowest BCUT2D eigenvalue weighted by Gasteiger charge is -2.26. The van der Waals surface area contributed by atoms with Gasteiger partial charge in [-0.05, 0) is 6.92 Å². The molecule has 17 heavy (non-hydrogen) atoms. The van der Waals surface area contributed by atoms with Crippen molar-refractivity contribution in [1.82, 2.24) is 20.4 Å². The Kier molecular flexibility index (Phi) is 3.36. The molecule has 1 aromatic heterocycles. The molecule has 92 valence electrons. The summed E-state index contributed by atoms with van der Waals surface area (Å²) in [6.07, 6.45) is 0.701. The molecule has 0 spiro atoms. The van der Waals surface area contributed by atoms with E-state index in [1.54, 1.807) is 11.8 Å². The van der Waals surface area contributed by atoms with Crippen LogP contribution in [0.4, 0.5) is 0 Å². The van der Waals surface area contributed by atoms with Crippen LogP contribution in [0.15, 0.2) is 4.52 Å². The molecule has 0 aliphatic carbocycles. The van der Waals surface area contributed by atoms with E-state index >= 15 is 0 Å². The molecule has 0 atom stereocenters. The maximum absolute atomic E-state index is 11.8. The van der Waals surface area contributed by atoms with Crippen LogP contribution in [0.2, 0.25) is 0 Å². The molecule has 2 heterocycles. The first-order valence-electron chi connectivity index (χ1n) is 5.49. The SMILES string of the molecule is Cc1noc(CCC(=O)N2CCNC(=O)C2)n1. The van der Waals surface area contributed by atoms with Gasteiger partial charge in [-0.1, -0.05) is 5.16 Å². The maximum atomic E-state index is 11.8. The topological polar surface area (TPSA) is 88.3 Å². The Balaban J connectivity index is 1.82. The number of rotatable bonds is 3. The molecule has 2 amide bonds. The van der Waals surface area contributed by atoms with Crippen molar-refractivity contribution in [3.05, 3.63) is 11.7 Å². The molecule has 0 aromatic carbocycles. The monoisotopic (exact) mass is 238 g/mol. The Bertz CT molecular complexity index is 429. The zero-order valence-corrected chi connectivity index (χ0v) is 9.60. The lowest BCUT2D eigenvalue weighted by Crippen LogP contribution is -2.50. The number of amides is 2. The first-order valence-corrected chi connectivity index (χ1v) is 5.49. The van der Waals surface area contributed by atoms with Gasteiger partial charge in [-0.15, -0.1) is 0 Å². The van der Waals surface area contributed by atoms with Crippen LogP contribution in [-0.2, 0) is 16.0 Å². The highest BCUT2D eigenvalue weighted by atomic mass is 16.5. The van der Waals surface area contributed by atoms with Crippen LogP contribution in [0.25, 0.3) is 0 Å². The van der Waals surface area contributed by atoms with Crippen LogP contribution in [0, 0.1) is 6.92 Å². The number of piperazine rings is 1. The Morgan fingerprint density at radius 1 is 1.59 bits per heavy atom. The molecule has 2 rings (SSSR count). The molecule has 0 radical (unpaired) electrons. The lowest BCUT2D eigenvalue weighted by atomic mass is 10.2. The summed E-state index contributed by atoms with van der Waals surface area (Å²) >= 11 is 0. The van der Waals surface area contributed by atoms with Gasteiger partial charge in [-0.3, -0.25) is 9.59 Å². The van der Waals surface area contributed by atoms with Crippen molar-refractivity contribution in [2.75, 3.05) is 19.6 Å². The van der Waals surface area contributed by atoms with Crippen molar-refractivity contribution in [3.63, 3.8) is 0 Å². The van der Waals surface area contributed by atoms with Gasteiger partial charge in [-0.25, -0.2) is 0 Å². The van der Waals surface area contributed by atoms with E-state index < -0.39 is 0 Å². The highest BCUT2D eigenvalue weighted by molar-refractivity contribution is 5.85. The fourth-order valence-corrected chi connectivity index (χ4v) is 1.67. The highest BCUT2D eigenvalue weighted by Gasteiger charge is 2.21. The van der Waals surface area contributed by atoms with Gasteiger partial charge in [0, 0.05) is 25.9 Å². The zero-order valence-electron chi connectivity index (χ0n) is 9.60. The van der Waals surface area contributed by atoms with E-state index in [2.05, 4.69) is 15.5 Å². The van der Waals surface area contributed by atoms with Gasteiger partial charge in [0.15, 0.2) is 5.82 Å². The minimum atomic E-state index is -0.113. The number of hydrogen-bond donors (Lipinski definition) is 1. The molecule has 1 aliphatic heterocycles. The van der Waals surface area contributed by atoms with E-state index in [1.807, 2.05) is 0 Å². The van der Waals surface area contributed by atoms with Crippen molar-refractivity contribution in [2.24, 2.45) is 0 Å². The summed E-state index contributed by atoms with van der Waals surface area (Å²) in [7, 11) is 0. The average molecular weight is 238 g/mol. The third kappa shape index (κ3) is 3.02. The standard InChI is InChI=1S/C10H14N4O3/c1-7-12-9(17-13-7)2-3-10(16)14-5-4-11-8(15)6-14/h2-6H2,1H3,(H,11,15). The summed E-state index contributed by atoms with van der Waals surface area (Å²) in [4.78, 5) is 28.4. The molecule has 1 aliphatic rings. The summed E-state index contributed by atoms with van der Waals surface area (Å²) < 4.78 is 4.91. The first kappa shape index (κ1) is 11.6. The summed E-state index contributed by atoms with van der Waals surface area (Å²) in [5, 5.41) is 6.31. The van der Waals surface area contributed by atoms with E-state index in [0.717, 1.165) is 0 Å². The summed E-state index contributed by atoms with van der Waals surface area (Å²) in [5.41, 5.74) is 0. The Morgan fingerprint density at radius 3 is 3.06 bits per heavy atom. The Hall–Kier alpha value is -1.92. The molecule has 0 saturated carbocycles. The van der Waals surface area contributed by atoms with Gasteiger partial charge < -0.3 is 14.7 Å². The fraction of sp³-hybridized carbons (Fsp3) is 0.600.